The van der Waals surface area contributed by atoms with E-state index in [1.807, 2.05) is 0 Å². The Bertz CT molecular complexity index is 53.7. The van der Waals surface area contributed by atoms with Gasteiger partial charge in [0.05, 0.1) is 0 Å². The van der Waals surface area contributed by atoms with Crippen LogP contribution < -0.4 is 0 Å². The fraction of sp³-hybridized carbons (Fsp3) is 0. The van der Waals surface area contributed by atoms with Crippen molar-refractivity contribution in [3.05, 3.63) is 0 Å². The van der Waals surface area contributed by atoms with Crippen molar-refractivity contribution < 1.29 is 16.0 Å². The minimum absolute atomic E-state index is 0. The summed E-state index contributed by atoms with van der Waals surface area (Å²) in [5.74, 6) is 0. The van der Waals surface area contributed by atoms with Gasteiger partial charge in [0.25, 0.3) is 0 Å². The Morgan fingerprint density at radius 1 is 1.17 bits per heavy atom. The van der Waals surface area contributed by atoms with Crippen molar-refractivity contribution in [1.29, 1.82) is 0 Å². The Labute approximate surface area is 57.7 Å². The molecular formula is H3AsO4Pb. The maximum Gasteiger partial charge on any atom is 0 e. The van der Waals surface area contributed by atoms with E-state index in [0.29, 0.717) is 0 Å². The quantitative estimate of drug-likeness (QED) is 0.421. The zero-order valence-corrected chi connectivity index (χ0v) is 8.46. The van der Waals surface area contributed by atoms with Crippen molar-refractivity contribution in [2.75, 3.05) is 0 Å². The minimum atomic E-state index is -5.12. The first-order chi connectivity index (χ1) is 2.00. The van der Waals surface area contributed by atoms with Gasteiger partial charge in [0.2, 0.25) is 0 Å². The van der Waals surface area contributed by atoms with Crippen molar-refractivity contribution in [2.24, 2.45) is 0 Å². The van der Waals surface area contributed by atoms with E-state index in [0.717, 1.165) is 0 Å². The topological polar surface area (TPSA) is 77.8 Å². The first kappa shape index (κ1) is 10.2. The third-order valence-electron chi connectivity index (χ3n) is 0. The van der Waals surface area contributed by atoms with Crippen molar-refractivity contribution >= 4 is 41.8 Å². The van der Waals surface area contributed by atoms with Crippen molar-refractivity contribution in [3.8, 4) is 0 Å². The van der Waals surface area contributed by atoms with Gasteiger partial charge in [-0.25, -0.2) is 0 Å². The first-order valence-electron chi connectivity index (χ1n) is 0.783. The van der Waals surface area contributed by atoms with Gasteiger partial charge in [0.15, 0.2) is 0 Å². The fourth-order valence-electron chi connectivity index (χ4n) is 0. The van der Waals surface area contributed by atoms with Crippen molar-refractivity contribution in [2.45, 2.75) is 0 Å². The first-order valence-corrected chi connectivity index (χ1v) is 4.07. The minimum Gasteiger partial charge on any atom is 0 e. The van der Waals surface area contributed by atoms with Crippen LogP contribution in [0, 0.1) is 0 Å². The summed E-state index contributed by atoms with van der Waals surface area (Å²) in [6.07, 6.45) is 0. The molecule has 0 saturated heterocycles. The molecule has 0 fully saturated rings. The van der Waals surface area contributed by atoms with Gasteiger partial charge in [-0.05, 0) is 0 Å². The SMILES string of the molecule is O=[As](O)(O)O.[Pb]. The Morgan fingerprint density at radius 2 is 1.17 bits per heavy atom. The monoisotopic (exact) mass is 350 g/mol. The van der Waals surface area contributed by atoms with E-state index in [1.54, 1.807) is 0 Å². The van der Waals surface area contributed by atoms with Gasteiger partial charge in [0, 0.05) is 27.3 Å². The molecule has 6 heteroatoms. The second-order valence-electron chi connectivity index (χ2n) is 0.513. The predicted octanol–water partition coefficient (Wildman–Crippen LogP) is -2.55. The maximum atomic E-state index is 8.94. The van der Waals surface area contributed by atoms with Crippen LogP contribution in [-0.2, 0) is 3.74 Å². The van der Waals surface area contributed by atoms with Gasteiger partial charge < -0.3 is 0 Å². The molecule has 0 atom stereocenters. The third kappa shape index (κ3) is 66.3. The molecule has 0 spiro atoms. The van der Waals surface area contributed by atoms with Crippen LogP contribution in [0.1, 0.15) is 0 Å². The maximum absolute atomic E-state index is 8.94. The van der Waals surface area contributed by atoms with E-state index in [9.17, 15) is 0 Å². The summed E-state index contributed by atoms with van der Waals surface area (Å²) in [6.45, 7) is 0. The fourth-order valence-corrected chi connectivity index (χ4v) is 0. The molecule has 0 aromatic rings. The van der Waals surface area contributed by atoms with Gasteiger partial charge in [-0.1, -0.05) is 0 Å². The van der Waals surface area contributed by atoms with Crippen molar-refractivity contribution in [1.82, 2.24) is 0 Å². The Kier molecular flexibility index (Phi) is 5.44. The smallest absolute Gasteiger partial charge is 0 e. The molecule has 0 saturated carbocycles. The van der Waals surface area contributed by atoms with Gasteiger partial charge in [-0.2, -0.15) is 0 Å². The van der Waals surface area contributed by atoms with Crippen molar-refractivity contribution in [3.63, 3.8) is 0 Å². The van der Waals surface area contributed by atoms with Crippen LogP contribution in [0.5, 0.6) is 0 Å². The molecule has 0 aliphatic heterocycles. The number of hydrogen-bond donors (Lipinski definition) is 3. The largest absolute Gasteiger partial charge is 0 e. The molecule has 0 rings (SSSR count). The molecule has 6 heavy (non-hydrogen) atoms. The number of rotatable bonds is 0. The molecule has 0 bridgehead atoms. The third-order valence-corrected chi connectivity index (χ3v) is 0. The van der Waals surface area contributed by atoms with Crippen LogP contribution in [0.25, 0.3) is 0 Å². The molecule has 4 radical (unpaired) electrons. The Balaban J connectivity index is 0. The summed E-state index contributed by atoms with van der Waals surface area (Å²) in [5.41, 5.74) is 0. The Morgan fingerprint density at radius 3 is 1.17 bits per heavy atom. The van der Waals surface area contributed by atoms with E-state index in [2.05, 4.69) is 0 Å². The second kappa shape index (κ2) is 3.20. The molecule has 0 aliphatic rings. The van der Waals surface area contributed by atoms with Crippen LogP contribution in [0.3, 0.4) is 0 Å². The molecule has 0 amide bonds. The van der Waals surface area contributed by atoms with Crippen LogP contribution in [-0.4, -0.2) is 54.1 Å². The van der Waals surface area contributed by atoms with E-state index in [4.69, 9.17) is 16.0 Å². The van der Waals surface area contributed by atoms with Gasteiger partial charge >= 0.3 is 30.5 Å². The summed E-state index contributed by atoms with van der Waals surface area (Å²) in [6, 6.07) is 0. The van der Waals surface area contributed by atoms with Crippen LogP contribution in [0.2, 0.25) is 0 Å². The average molecular weight is 349 g/mol. The molecule has 4 nitrogen and oxygen atoms in total. The van der Waals surface area contributed by atoms with E-state index in [1.165, 1.54) is 0 Å². The molecule has 0 heterocycles. The van der Waals surface area contributed by atoms with E-state index < -0.39 is 14.5 Å². The van der Waals surface area contributed by atoms with Gasteiger partial charge in [0.1, 0.15) is 0 Å². The predicted molar refractivity (Wildman–Crippen MR) is 18.9 cm³/mol. The molecule has 3 N–H and O–H groups in total. The standard InChI is InChI=1S/AsH3O4.Pb/c2-1(3,4)5;/h(H3,2,3,4,5);. The van der Waals surface area contributed by atoms with Crippen LogP contribution >= 0.6 is 0 Å². The van der Waals surface area contributed by atoms with Gasteiger partial charge in [-0.3, -0.25) is 0 Å². The zero-order chi connectivity index (χ0) is 4.50. The van der Waals surface area contributed by atoms with E-state index >= 15 is 0 Å². The zero-order valence-electron chi connectivity index (χ0n) is 2.70. The average Bonchev–Trinajstić information content (AvgIpc) is 0.722. The molecule has 0 aromatic heterocycles. The molecule has 0 aromatic carbocycles. The molecule has 0 aliphatic carbocycles. The summed E-state index contributed by atoms with van der Waals surface area (Å²) in [7, 11) is 0. The molecule has 0 unspecified atom stereocenters. The normalized spacial score (nSPS) is 9.83. The van der Waals surface area contributed by atoms with Crippen LogP contribution in [0.4, 0.5) is 0 Å². The summed E-state index contributed by atoms with van der Waals surface area (Å²) >= 11 is -5.12. The molecule has 36 valence electrons. The number of hydrogen-bond acceptors (Lipinski definition) is 1. The summed E-state index contributed by atoms with van der Waals surface area (Å²) in [5, 5.41) is 0. The summed E-state index contributed by atoms with van der Waals surface area (Å²) in [4.78, 5) is 0. The van der Waals surface area contributed by atoms with E-state index in [-0.39, 0.29) is 27.3 Å². The van der Waals surface area contributed by atoms with Gasteiger partial charge in [-0.15, -0.1) is 0 Å². The second-order valence-corrected chi connectivity index (χ2v) is 2.67. The summed E-state index contributed by atoms with van der Waals surface area (Å²) < 4.78 is 30.7. The Hall–Kier alpha value is 1.16. The van der Waals surface area contributed by atoms with Crippen LogP contribution in [0.15, 0.2) is 0 Å². The molecular weight excluding hydrogens is 346 g/mol.